The SMILES string of the molecule is CNC(CC1CCNC1)c1ccncc1. The third-order valence-electron chi connectivity index (χ3n) is 3.19. The maximum absolute atomic E-state index is 4.05. The highest BCUT2D eigenvalue weighted by Crippen LogP contribution is 2.23. The lowest BCUT2D eigenvalue weighted by Crippen LogP contribution is -2.21. The van der Waals surface area contributed by atoms with Crippen LogP contribution in [0, 0.1) is 5.92 Å². The summed E-state index contributed by atoms with van der Waals surface area (Å²) in [7, 11) is 2.04. The van der Waals surface area contributed by atoms with Gasteiger partial charge >= 0.3 is 0 Å². The second kappa shape index (κ2) is 5.24. The van der Waals surface area contributed by atoms with E-state index in [9.17, 15) is 0 Å². The van der Waals surface area contributed by atoms with Crippen molar-refractivity contribution < 1.29 is 0 Å². The summed E-state index contributed by atoms with van der Waals surface area (Å²) in [4.78, 5) is 4.05. The van der Waals surface area contributed by atoms with E-state index in [1.165, 1.54) is 31.5 Å². The predicted molar refractivity (Wildman–Crippen MR) is 61.6 cm³/mol. The van der Waals surface area contributed by atoms with Crippen LogP contribution in [0.15, 0.2) is 24.5 Å². The van der Waals surface area contributed by atoms with Gasteiger partial charge in [0.1, 0.15) is 0 Å². The molecule has 1 aromatic rings. The monoisotopic (exact) mass is 205 g/mol. The van der Waals surface area contributed by atoms with Crippen LogP contribution in [-0.4, -0.2) is 25.1 Å². The molecule has 0 radical (unpaired) electrons. The number of nitrogens with zero attached hydrogens (tertiary/aromatic N) is 1. The van der Waals surface area contributed by atoms with E-state index in [0.717, 1.165) is 5.92 Å². The maximum Gasteiger partial charge on any atom is 0.0321 e. The van der Waals surface area contributed by atoms with Gasteiger partial charge in [-0.15, -0.1) is 0 Å². The first-order valence-corrected chi connectivity index (χ1v) is 5.68. The Hall–Kier alpha value is -0.930. The minimum absolute atomic E-state index is 0.470. The van der Waals surface area contributed by atoms with Gasteiger partial charge in [0, 0.05) is 18.4 Å². The summed E-state index contributed by atoms with van der Waals surface area (Å²) in [6.45, 7) is 2.35. The highest BCUT2D eigenvalue weighted by molar-refractivity contribution is 5.15. The van der Waals surface area contributed by atoms with Crippen LogP contribution >= 0.6 is 0 Å². The second-order valence-electron chi connectivity index (χ2n) is 4.22. The fraction of sp³-hybridized carbons (Fsp3) is 0.583. The van der Waals surface area contributed by atoms with Crippen molar-refractivity contribution in [1.29, 1.82) is 0 Å². The van der Waals surface area contributed by atoms with E-state index < -0.39 is 0 Å². The standard InChI is InChI=1S/C12H19N3/c1-13-12(8-10-2-5-15-9-10)11-3-6-14-7-4-11/h3-4,6-7,10,12-13,15H,2,5,8-9H2,1H3. The third kappa shape index (κ3) is 2.76. The van der Waals surface area contributed by atoms with E-state index in [0.29, 0.717) is 6.04 Å². The number of nitrogens with one attached hydrogen (secondary N) is 2. The largest absolute Gasteiger partial charge is 0.316 e. The van der Waals surface area contributed by atoms with Crippen molar-refractivity contribution in [3.05, 3.63) is 30.1 Å². The Labute approximate surface area is 91.3 Å². The summed E-state index contributed by atoms with van der Waals surface area (Å²) in [6, 6.07) is 4.67. The Kier molecular flexibility index (Phi) is 3.69. The Morgan fingerprint density at radius 3 is 2.93 bits per heavy atom. The molecule has 1 fully saturated rings. The molecule has 0 amide bonds. The molecule has 0 saturated carbocycles. The molecule has 1 aliphatic rings. The summed E-state index contributed by atoms with van der Waals surface area (Å²) in [5.74, 6) is 0.815. The van der Waals surface area contributed by atoms with Crippen molar-refractivity contribution in [2.24, 2.45) is 5.92 Å². The van der Waals surface area contributed by atoms with E-state index in [4.69, 9.17) is 0 Å². The number of aromatic nitrogens is 1. The van der Waals surface area contributed by atoms with Gasteiger partial charge in [-0.05, 0) is 56.6 Å². The van der Waals surface area contributed by atoms with Gasteiger partial charge < -0.3 is 10.6 Å². The van der Waals surface area contributed by atoms with Gasteiger partial charge in [0.2, 0.25) is 0 Å². The first-order valence-electron chi connectivity index (χ1n) is 5.68. The van der Waals surface area contributed by atoms with Crippen molar-refractivity contribution in [2.75, 3.05) is 20.1 Å². The van der Waals surface area contributed by atoms with E-state index in [2.05, 4.69) is 27.8 Å². The fourth-order valence-electron chi connectivity index (χ4n) is 2.27. The van der Waals surface area contributed by atoms with E-state index >= 15 is 0 Å². The molecule has 2 atom stereocenters. The zero-order valence-corrected chi connectivity index (χ0v) is 9.24. The lowest BCUT2D eigenvalue weighted by Gasteiger charge is -2.19. The normalized spacial score (nSPS) is 22.9. The smallest absolute Gasteiger partial charge is 0.0321 e. The highest BCUT2D eigenvalue weighted by atomic mass is 14.9. The molecule has 3 nitrogen and oxygen atoms in total. The minimum Gasteiger partial charge on any atom is -0.316 e. The van der Waals surface area contributed by atoms with E-state index in [-0.39, 0.29) is 0 Å². The molecule has 2 rings (SSSR count). The molecule has 1 aliphatic heterocycles. The molecule has 15 heavy (non-hydrogen) atoms. The van der Waals surface area contributed by atoms with Crippen LogP contribution in [0.4, 0.5) is 0 Å². The number of pyridine rings is 1. The maximum atomic E-state index is 4.05. The summed E-state index contributed by atoms with van der Waals surface area (Å²) in [6.07, 6.45) is 6.26. The molecular weight excluding hydrogens is 186 g/mol. The zero-order chi connectivity index (χ0) is 10.5. The minimum atomic E-state index is 0.470. The number of rotatable bonds is 4. The molecule has 0 aromatic carbocycles. The van der Waals surface area contributed by atoms with Crippen LogP contribution in [-0.2, 0) is 0 Å². The third-order valence-corrected chi connectivity index (χ3v) is 3.19. The molecule has 2 heterocycles. The average Bonchev–Trinajstić information content (AvgIpc) is 2.80. The topological polar surface area (TPSA) is 37.0 Å². The summed E-state index contributed by atoms with van der Waals surface area (Å²) < 4.78 is 0. The number of hydrogen-bond donors (Lipinski definition) is 2. The van der Waals surface area contributed by atoms with Crippen molar-refractivity contribution in [3.8, 4) is 0 Å². The molecule has 0 aliphatic carbocycles. The predicted octanol–water partition coefficient (Wildman–Crippen LogP) is 1.34. The van der Waals surface area contributed by atoms with Crippen molar-refractivity contribution in [1.82, 2.24) is 15.6 Å². The van der Waals surface area contributed by atoms with Crippen LogP contribution in [0.3, 0.4) is 0 Å². The lowest BCUT2D eigenvalue weighted by atomic mass is 9.95. The van der Waals surface area contributed by atoms with Crippen LogP contribution in [0.25, 0.3) is 0 Å². The molecule has 2 unspecified atom stereocenters. The van der Waals surface area contributed by atoms with Crippen molar-refractivity contribution in [3.63, 3.8) is 0 Å². The molecule has 2 N–H and O–H groups in total. The summed E-state index contributed by atoms with van der Waals surface area (Å²) >= 11 is 0. The van der Waals surface area contributed by atoms with Gasteiger partial charge in [-0.1, -0.05) is 0 Å². The van der Waals surface area contributed by atoms with Crippen molar-refractivity contribution >= 4 is 0 Å². The molecular formula is C12H19N3. The second-order valence-corrected chi connectivity index (χ2v) is 4.22. The van der Waals surface area contributed by atoms with Gasteiger partial charge in [-0.3, -0.25) is 4.98 Å². The van der Waals surface area contributed by atoms with Gasteiger partial charge in [0.05, 0.1) is 0 Å². The van der Waals surface area contributed by atoms with Gasteiger partial charge in [0.25, 0.3) is 0 Å². The Morgan fingerprint density at radius 1 is 1.53 bits per heavy atom. The van der Waals surface area contributed by atoms with Crippen molar-refractivity contribution in [2.45, 2.75) is 18.9 Å². The Balaban J connectivity index is 1.97. The van der Waals surface area contributed by atoms with Crippen LogP contribution < -0.4 is 10.6 Å². The van der Waals surface area contributed by atoms with Crippen LogP contribution in [0.5, 0.6) is 0 Å². The first kappa shape index (κ1) is 10.6. The van der Waals surface area contributed by atoms with E-state index in [1.807, 2.05) is 19.4 Å². The summed E-state index contributed by atoms with van der Waals surface area (Å²) in [5, 5.41) is 6.80. The molecule has 0 bridgehead atoms. The Bertz CT molecular complexity index is 280. The molecule has 1 saturated heterocycles. The van der Waals surface area contributed by atoms with Crippen LogP contribution in [0.2, 0.25) is 0 Å². The van der Waals surface area contributed by atoms with Gasteiger partial charge in [0.15, 0.2) is 0 Å². The van der Waals surface area contributed by atoms with Gasteiger partial charge in [-0.2, -0.15) is 0 Å². The summed E-state index contributed by atoms with van der Waals surface area (Å²) in [5.41, 5.74) is 1.35. The average molecular weight is 205 g/mol. The quantitative estimate of drug-likeness (QED) is 0.779. The van der Waals surface area contributed by atoms with E-state index in [1.54, 1.807) is 0 Å². The molecule has 1 aromatic heterocycles. The lowest BCUT2D eigenvalue weighted by molar-refractivity contribution is 0.430. The van der Waals surface area contributed by atoms with Gasteiger partial charge in [-0.25, -0.2) is 0 Å². The Morgan fingerprint density at radius 2 is 2.33 bits per heavy atom. The highest BCUT2D eigenvalue weighted by Gasteiger charge is 2.19. The molecule has 0 spiro atoms. The first-order chi connectivity index (χ1) is 7.40. The number of hydrogen-bond acceptors (Lipinski definition) is 3. The zero-order valence-electron chi connectivity index (χ0n) is 9.24. The molecule has 82 valence electrons. The van der Waals surface area contributed by atoms with Crippen LogP contribution in [0.1, 0.15) is 24.4 Å². The fourth-order valence-corrected chi connectivity index (χ4v) is 2.27. The molecule has 3 heteroatoms.